The Morgan fingerprint density at radius 3 is 2.68 bits per heavy atom. The summed E-state index contributed by atoms with van der Waals surface area (Å²) in [5.74, 6) is 1.40. The molecule has 5 aromatic heterocycles. The zero-order chi connectivity index (χ0) is 26.2. The number of pyridine rings is 1. The van der Waals surface area contributed by atoms with Gasteiger partial charge in [-0.2, -0.15) is 0 Å². The minimum atomic E-state index is -0.534. The number of H-pyrrole nitrogens is 1. The largest absolute Gasteiger partial charge is 0.358 e. The summed E-state index contributed by atoms with van der Waals surface area (Å²) in [5, 5.41) is 10.0. The van der Waals surface area contributed by atoms with Crippen LogP contribution >= 0.6 is 11.6 Å². The van der Waals surface area contributed by atoms with Gasteiger partial charge in [0.25, 0.3) is 5.91 Å². The number of halogens is 1. The van der Waals surface area contributed by atoms with Crippen molar-refractivity contribution in [2.45, 2.75) is 39.2 Å². The first kappa shape index (κ1) is 24.3. The molecule has 0 bridgehead atoms. The summed E-state index contributed by atoms with van der Waals surface area (Å²) in [7, 11) is 0. The SMILES string of the molecule is C[C@@H](NC(=O)c1ncnc(Nc2ccncc2)c1Cl)c1cc(-c2nc3nc(C(C)(C)C)ncc3[nH]2)no1. The smallest absolute Gasteiger partial charge is 0.272 e. The second-order valence-corrected chi connectivity index (χ2v) is 9.70. The van der Waals surface area contributed by atoms with E-state index in [9.17, 15) is 4.79 Å². The third-order valence-electron chi connectivity index (χ3n) is 5.40. The van der Waals surface area contributed by atoms with Crippen LogP contribution in [0.3, 0.4) is 0 Å². The van der Waals surface area contributed by atoms with Crippen molar-refractivity contribution in [2.75, 3.05) is 5.32 Å². The number of aromatic nitrogens is 8. The summed E-state index contributed by atoms with van der Waals surface area (Å²) in [5.41, 5.74) is 2.22. The first-order valence-corrected chi connectivity index (χ1v) is 11.8. The van der Waals surface area contributed by atoms with E-state index in [1.165, 1.54) is 6.33 Å². The van der Waals surface area contributed by atoms with Crippen molar-refractivity contribution in [1.29, 1.82) is 0 Å². The lowest BCUT2D eigenvalue weighted by Gasteiger charge is -2.15. The second kappa shape index (κ2) is 9.54. The Bertz CT molecular complexity index is 1580. The molecule has 5 heterocycles. The second-order valence-electron chi connectivity index (χ2n) is 9.32. The summed E-state index contributed by atoms with van der Waals surface area (Å²) in [4.78, 5) is 41.7. The van der Waals surface area contributed by atoms with Crippen molar-refractivity contribution in [3.8, 4) is 11.5 Å². The van der Waals surface area contributed by atoms with E-state index in [2.05, 4.69) is 50.7 Å². The molecule has 3 N–H and O–H groups in total. The van der Waals surface area contributed by atoms with Gasteiger partial charge >= 0.3 is 0 Å². The van der Waals surface area contributed by atoms with E-state index >= 15 is 0 Å². The highest BCUT2D eigenvalue weighted by Gasteiger charge is 2.23. The molecule has 0 aliphatic carbocycles. The first-order valence-electron chi connectivity index (χ1n) is 11.4. The first-order chi connectivity index (χ1) is 17.7. The number of hydrogen-bond donors (Lipinski definition) is 3. The Morgan fingerprint density at radius 1 is 1.14 bits per heavy atom. The van der Waals surface area contributed by atoms with Gasteiger partial charge in [-0.05, 0) is 19.1 Å². The van der Waals surface area contributed by atoms with Gasteiger partial charge in [0.2, 0.25) is 0 Å². The van der Waals surface area contributed by atoms with Gasteiger partial charge in [0.05, 0.1) is 12.2 Å². The molecule has 0 fully saturated rings. The van der Waals surface area contributed by atoms with Crippen molar-refractivity contribution in [3.05, 3.63) is 65.4 Å². The molecule has 1 atom stereocenters. The van der Waals surface area contributed by atoms with Crippen LogP contribution in [0.15, 0.2) is 47.6 Å². The number of carbonyl (C=O) groups is 1. The standard InChI is InChI=1S/C24H23ClN10O2/c1-12(30-22(36)18-17(25)21(29-11-28-18)31-13-5-7-26-8-6-13)16-9-14(35-37-16)19-32-15-10-27-23(24(2,3)4)34-20(15)33-19/h5-12H,1-4H3,(H,30,36)(H,26,28,29,31)(H,27,32,33,34)/t12-/m1/s1. The number of hydrogen-bond acceptors (Lipinski definition) is 10. The monoisotopic (exact) mass is 518 g/mol. The molecule has 0 aliphatic rings. The van der Waals surface area contributed by atoms with Crippen molar-refractivity contribution >= 4 is 40.2 Å². The number of imidazole rings is 1. The number of rotatable bonds is 6. The molecule has 37 heavy (non-hydrogen) atoms. The van der Waals surface area contributed by atoms with Crippen LogP contribution in [0.4, 0.5) is 11.5 Å². The fourth-order valence-electron chi connectivity index (χ4n) is 3.42. The maximum atomic E-state index is 12.9. The van der Waals surface area contributed by atoms with E-state index in [-0.39, 0.29) is 16.1 Å². The third-order valence-corrected chi connectivity index (χ3v) is 5.76. The van der Waals surface area contributed by atoms with Crippen LogP contribution in [0, 0.1) is 0 Å². The van der Waals surface area contributed by atoms with Crippen LogP contribution in [0.25, 0.3) is 22.7 Å². The van der Waals surface area contributed by atoms with E-state index in [1.54, 1.807) is 43.7 Å². The Hall–Kier alpha value is -4.45. The minimum absolute atomic E-state index is 0.0188. The van der Waals surface area contributed by atoms with Crippen LogP contribution in [0.5, 0.6) is 0 Å². The van der Waals surface area contributed by atoms with Crippen molar-refractivity contribution < 1.29 is 9.32 Å². The molecular weight excluding hydrogens is 496 g/mol. The summed E-state index contributed by atoms with van der Waals surface area (Å²) in [6.07, 6.45) is 6.21. The fourth-order valence-corrected chi connectivity index (χ4v) is 3.65. The summed E-state index contributed by atoms with van der Waals surface area (Å²) >= 11 is 6.42. The van der Waals surface area contributed by atoms with Crippen LogP contribution in [0.1, 0.15) is 55.8 Å². The number of aromatic amines is 1. The Labute approximate surface area is 216 Å². The molecule has 5 aromatic rings. The third kappa shape index (κ3) is 5.09. The molecular formula is C24H23ClN10O2. The van der Waals surface area contributed by atoms with Gasteiger partial charge in [0.15, 0.2) is 28.7 Å². The van der Waals surface area contributed by atoms with Crippen LogP contribution < -0.4 is 10.6 Å². The Balaban J connectivity index is 1.31. The van der Waals surface area contributed by atoms with Crippen molar-refractivity contribution in [3.63, 3.8) is 0 Å². The number of anilines is 2. The van der Waals surface area contributed by atoms with Gasteiger partial charge in [-0.3, -0.25) is 9.78 Å². The zero-order valence-electron chi connectivity index (χ0n) is 20.4. The number of nitrogens with one attached hydrogen (secondary N) is 3. The fraction of sp³-hybridized carbons (Fsp3) is 0.250. The predicted octanol–water partition coefficient (Wildman–Crippen LogP) is 4.38. The number of amides is 1. The normalized spacial score (nSPS) is 12.5. The molecule has 1 amide bonds. The van der Waals surface area contributed by atoms with E-state index in [1.807, 2.05) is 20.8 Å². The van der Waals surface area contributed by atoms with Crippen molar-refractivity contribution in [2.24, 2.45) is 0 Å². The van der Waals surface area contributed by atoms with Gasteiger partial charge in [0, 0.05) is 29.6 Å². The number of carbonyl (C=O) groups excluding carboxylic acids is 1. The molecule has 0 aromatic carbocycles. The zero-order valence-corrected chi connectivity index (χ0v) is 21.2. The number of nitrogens with zero attached hydrogens (tertiary/aromatic N) is 7. The predicted molar refractivity (Wildman–Crippen MR) is 136 cm³/mol. The molecule has 12 nitrogen and oxygen atoms in total. The lowest BCUT2D eigenvalue weighted by atomic mass is 9.96. The maximum Gasteiger partial charge on any atom is 0.272 e. The molecule has 0 saturated carbocycles. The Kier molecular flexibility index (Phi) is 6.25. The lowest BCUT2D eigenvalue weighted by Crippen LogP contribution is -2.27. The van der Waals surface area contributed by atoms with E-state index in [0.717, 1.165) is 5.69 Å². The van der Waals surface area contributed by atoms with E-state index in [4.69, 9.17) is 16.1 Å². The van der Waals surface area contributed by atoms with E-state index in [0.29, 0.717) is 40.1 Å². The average Bonchev–Trinajstić information content (AvgIpc) is 3.52. The topological polar surface area (TPSA) is 160 Å². The molecule has 0 radical (unpaired) electrons. The molecule has 13 heteroatoms. The maximum absolute atomic E-state index is 12.9. The molecule has 0 saturated heterocycles. The van der Waals surface area contributed by atoms with Gasteiger partial charge in [-0.15, -0.1) is 0 Å². The van der Waals surface area contributed by atoms with Gasteiger partial charge in [-0.25, -0.2) is 24.9 Å². The van der Waals surface area contributed by atoms with Crippen LogP contribution in [-0.4, -0.2) is 46.0 Å². The summed E-state index contributed by atoms with van der Waals surface area (Å²) in [6.45, 7) is 7.87. The summed E-state index contributed by atoms with van der Waals surface area (Å²) in [6, 6.07) is 4.66. The molecule has 188 valence electrons. The quantitative estimate of drug-likeness (QED) is 0.294. The van der Waals surface area contributed by atoms with Gasteiger partial charge in [-0.1, -0.05) is 37.5 Å². The van der Waals surface area contributed by atoms with E-state index < -0.39 is 11.9 Å². The highest BCUT2D eigenvalue weighted by atomic mass is 35.5. The molecule has 5 rings (SSSR count). The minimum Gasteiger partial charge on any atom is -0.358 e. The molecule has 0 aliphatic heterocycles. The molecule has 0 unspecified atom stereocenters. The van der Waals surface area contributed by atoms with Gasteiger partial charge in [0.1, 0.15) is 28.4 Å². The van der Waals surface area contributed by atoms with Gasteiger partial charge < -0.3 is 20.1 Å². The van der Waals surface area contributed by atoms with Crippen molar-refractivity contribution in [1.82, 2.24) is 45.4 Å². The lowest BCUT2D eigenvalue weighted by molar-refractivity contribution is 0.0928. The number of fused-ring (bicyclic) bond motifs is 1. The summed E-state index contributed by atoms with van der Waals surface area (Å²) < 4.78 is 5.48. The average molecular weight is 519 g/mol. The molecule has 0 spiro atoms. The highest BCUT2D eigenvalue weighted by molar-refractivity contribution is 6.35. The van der Waals surface area contributed by atoms with Crippen LogP contribution in [-0.2, 0) is 5.41 Å². The highest BCUT2D eigenvalue weighted by Crippen LogP contribution is 2.27. The van der Waals surface area contributed by atoms with Crippen LogP contribution in [0.2, 0.25) is 5.02 Å². The Morgan fingerprint density at radius 2 is 1.92 bits per heavy atom.